The number of carbonyl (C=O) groups is 2. The Hall–Kier alpha value is -4.47. The summed E-state index contributed by atoms with van der Waals surface area (Å²) in [5.41, 5.74) is 18.5. The number of ether oxygens (including phenoxy) is 4. The Bertz CT molecular complexity index is 1600. The number of phenols is 1. The van der Waals surface area contributed by atoms with E-state index in [1.165, 1.54) is 18.2 Å². The Morgan fingerprint density at radius 1 is 1.09 bits per heavy atom. The van der Waals surface area contributed by atoms with Crippen molar-refractivity contribution in [2.75, 3.05) is 26.4 Å². The second kappa shape index (κ2) is 12.5. The second-order valence-corrected chi connectivity index (χ2v) is 11.2. The normalized spacial score (nSPS) is 27.7. The van der Waals surface area contributed by atoms with Crippen LogP contribution in [-0.4, -0.2) is 89.9 Å². The minimum Gasteiger partial charge on any atom is -0.504 e. The van der Waals surface area contributed by atoms with Crippen molar-refractivity contribution in [3.05, 3.63) is 81.7 Å². The summed E-state index contributed by atoms with van der Waals surface area (Å²) in [7, 11) is 0. The Balaban J connectivity index is 1.42. The number of nitrogens with two attached hydrogens (primary N) is 3. The van der Waals surface area contributed by atoms with Gasteiger partial charge in [0.25, 0.3) is 0 Å². The molecule has 0 unspecified atom stereocenters. The van der Waals surface area contributed by atoms with Crippen LogP contribution in [0.15, 0.2) is 58.9 Å². The number of nitrogens with one attached hydrogen (secondary N) is 1. The fourth-order valence-electron chi connectivity index (χ4n) is 6.00. The molecule has 1 aliphatic carbocycles. The lowest BCUT2D eigenvalue weighted by Crippen LogP contribution is -2.61. The first-order valence-electron chi connectivity index (χ1n) is 14.6. The first-order valence-corrected chi connectivity index (χ1v) is 14.6. The highest BCUT2D eigenvalue weighted by Crippen LogP contribution is 2.46. The number of aliphatic hydroxyl groups excluding tert-OH is 2. The number of benzene rings is 2. The molecule has 45 heavy (non-hydrogen) atoms. The van der Waals surface area contributed by atoms with Crippen molar-refractivity contribution in [3.63, 3.8) is 0 Å². The van der Waals surface area contributed by atoms with E-state index in [2.05, 4.69) is 10.3 Å². The third kappa shape index (κ3) is 5.85. The van der Waals surface area contributed by atoms with Crippen LogP contribution in [0.25, 0.3) is 0 Å². The van der Waals surface area contributed by atoms with Crippen LogP contribution in [0.4, 0.5) is 0 Å². The fourth-order valence-corrected chi connectivity index (χ4v) is 6.00. The third-order valence-corrected chi connectivity index (χ3v) is 8.24. The molecule has 6 rings (SSSR count). The largest absolute Gasteiger partial charge is 0.504 e. The molecule has 3 aliphatic heterocycles. The first-order chi connectivity index (χ1) is 21.6. The summed E-state index contributed by atoms with van der Waals surface area (Å²) in [5.74, 6) is -1.65. The SMILES string of the molecule is NC1=CC(CCO[C@@H]2[C@H]3Oc4c(cc5c(c4O)C(=O)c4ccccc4C5=O)[C@H](N=C(N)N)CCOC[C@H](O3)[C@H](O)[C@H]2O)=CCN1. The maximum atomic E-state index is 13.6. The molecule has 0 amide bonds. The number of aliphatic imine (C=N–C) groups is 1. The minimum absolute atomic E-state index is 0.0431. The molecule has 2 aromatic rings. The Morgan fingerprint density at radius 2 is 1.84 bits per heavy atom. The smallest absolute Gasteiger partial charge is 0.229 e. The number of aromatic hydroxyl groups is 1. The summed E-state index contributed by atoms with van der Waals surface area (Å²) >= 11 is 0. The number of hydrogen-bond acceptors (Lipinski definition) is 12. The van der Waals surface area contributed by atoms with Gasteiger partial charge in [-0.1, -0.05) is 30.3 Å². The van der Waals surface area contributed by atoms with Gasteiger partial charge in [-0.05, 0) is 30.6 Å². The summed E-state index contributed by atoms with van der Waals surface area (Å²) in [5, 5.41) is 36.8. The quantitative estimate of drug-likeness (QED) is 0.145. The highest BCUT2D eigenvalue weighted by molar-refractivity contribution is 6.29. The van der Waals surface area contributed by atoms with Crippen molar-refractivity contribution in [1.29, 1.82) is 0 Å². The summed E-state index contributed by atoms with van der Waals surface area (Å²) in [6, 6.07) is 6.86. The number of guanidine groups is 1. The highest BCUT2D eigenvalue weighted by atomic mass is 16.7. The second-order valence-electron chi connectivity index (χ2n) is 11.2. The summed E-state index contributed by atoms with van der Waals surface area (Å²) < 4.78 is 24.1. The number of fused-ring (bicyclic) bond motifs is 5. The Morgan fingerprint density at radius 3 is 2.58 bits per heavy atom. The lowest BCUT2D eigenvalue weighted by atomic mass is 9.81. The van der Waals surface area contributed by atoms with Crippen molar-refractivity contribution in [2.45, 2.75) is 49.6 Å². The van der Waals surface area contributed by atoms with E-state index in [-0.39, 0.29) is 65.8 Å². The van der Waals surface area contributed by atoms with Crippen LogP contribution in [0, 0.1) is 0 Å². The predicted octanol–water partition coefficient (Wildman–Crippen LogP) is -0.167. The molecule has 238 valence electrons. The number of nitrogens with zero attached hydrogens (tertiary/aromatic N) is 1. The molecule has 6 atom stereocenters. The van der Waals surface area contributed by atoms with Crippen molar-refractivity contribution < 1.29 is 43.9 Å². The number of dihydropyridines is 1. The lowest BCUT2D eigenvalue weighted by molar-refractivity contribution is -0.289. The molecule has 0 saturated carbocycles. The van der Waals surface area contributed by atoms with Gasteiger partial charge in [-0.2, -0.15) is 0 Å². The summed E-state index contributed by atoms with van der Waals surface area (Å²) in [6.07, 6.45) is -2.25. The number of rotatable bonds is 5. The van der Waals surface area contributed by atoms with E-state index in [0.29, 0.717) is 18.8 Å². The van der Waals surface area contributed by atoms with Gasteiger partial charge in [0.05, 0.1) is 30.6 Å². The molecule has 1 fully saturated rings. The molecule has 4 aliphatic rings. The van der Waals surface area contributed by atoms with Gasteiger partial charge in [-0.25, -0.2) is 4.99 Å². The van der Waals surface area contributed by atoms with Gasteiger partial charge in [-0.15, -0.1) is 0 Å². The number of allylic oxidation sites excluding steroid dienone is 1. The van der Waals surface area contributed by atoms with Crippen LogP contribution < -0.4 is 27.3 Å². The molecule has 3 heterocycles. The summed E-state index contributed by atoms with van der Waals surface area (Å²) in [4.78, 5) is 31.5. The molecular weight excluding hydrogens is 586 g/mol. The van der Waals surface area contributed by atoms with Crippen LogP contribution >= 0.6 is 0 Å². The topological polar surface area (TPSA) is 234 Å². The molecule has 2 bridgehead atoms. The third-order valence-electron chi connectivity index (χ3n) is 8.24. The van der Waals surface area contributed by atoms with E-state index in [9.17, 15) is 24.9 Å². The molecule has 0 radical (unpaired) electrons. The Labute approximate surface area is 258 Å². The van der Waals surface area contributed by atoms with Crippen molar-refractivity contribution in [3.8, 4) is 11.5 Å². The van der Waals surface area contributed by atoms with Gasteiger partial charge in [0, 0.05) is 35.4 Å². The van der Waals surface area contributed by atoms with Gasteiger partial charge in [0.2, 0.25) is 6.29 Å². The predicted molar refractivity (Wildman–Crippen MR) is 159 cm³/mol. The minimum atomic E-state index is -1.48. The molecule has 1 saturated heterocycles. The van der Waals surface area contributed by atoms with E-state index in [1.807, 2.05) is 6.08 Å². The van der Waals surface area contributed by atoms with Crippen LogP contribution in [-0.2, 0) is 14.2 Å². The van der Waals surface area contributed by atoms with E-state index < -0.39 is 54.1 Å². The fraction of sp³-hybridized carbons (Fsp3) is 0.387. The van der Waals surface area contributed by atoms with Crippen LogP contribution in [0.5, 0.6) is 11.5 Å². The van der Waals surface area contributed by atoms with Gasteiger partial charge >= 0.3 is 0 Å². The lowest BCUT2D eigenvalue weighted by Gasteiger charge is -2.42. The molecule has 14 heteroatoms. The maximum absolute atomic E-state index is 13.6. The summed E-state index contributed by atoms with van der Waals surface area (Å²) in [6.45, 7) is 0.608. The van der Waals surface area contributed by atoms with Crippen LogP contribution in [0.2, 0.25) is 0 Å². The first kappa shape index (κ1) is 30.6. The Kier molecular flexibility index (Phi) is 8.48. The average Bonchev–Trinajstić information content (AvgIpc) is 3.04. The molecule has 10 N–H and O–H groups in total. The standard InChI is InChI=1S/C31H35N5O9/c32-21-11-14(5-8-35-21)6-10-43-29-27(41)25(39)20-13-42-9-7-19(36-31(33)34)17-12-18-22(26(40)28(17)45-30(29)44-20)24(38)16-4-2-1-3-15(16)23(18)37/h1-5,11-12,19-20,25,27,29-30,35,39-41H,6-10,13,32H2,(H4,33,34,36)/t19-,20+,25+,27-,29+,30-/m1/s1. The monoisotopic (exact) mass is 621 g/mol. The van der Waals surface area contributed by atoms with Crippen LogP contribution in [0.3, 0.4) is 0 Å². The molecule has 0 spiro atoms. The van der Waals surface area contributed by atoms with E-state index >= 15 is 0 Å². The average molecular weight is 622 g/mol. The van der Waals surface area contributed by atoms with Crippen molar-refractivity contribution in [2.24, 2.45) is 22.2 Å². The van der Waals surface area contributed by atoms with Gasteiger partial charge in [0.15, 0.2) is 29.0 Å². The molecule has 0 aromatic heterocycles. The maximum Gasteiger partial charge on any atom is 0.229 e. The van der Waals surface area contributed by atoms with E-state index in [1.54, 1.807) is 18.2 Å². The number of aliphatic hydroxyl groups is 2. The number of ketones is 2. The zero-order chi connectivity index (χ0) is 31.8. The number of phenolic OH excluding ortho intramolecular Hbond substituents is 1. The zero-order valence-electron chi connectivity index (χ0n) is 24.2. The number of carbonyl (C=O) groups excluding carboxylic acids is 2. The number of hydrogen-bond donors (Lipinski definition) is 7. The molecule has 14 nitrogen and oxygen atoms in total. The van der Waals surface area contributed by atoms with E-state index in [0.717, 1.165) is 5.57 Å². The van der Waals surface area contributed by atoms with Gasteiger partial charge in [0.1, 0.15) is 24.4 Å². The van der Waals surface area contributed by atoms with Crippen molar-refractivity contribution >= 4 is 17.5 Å². The van der Waals surface area contributed by atoms with Gasteiger partial charge < -0.3 is 56.8 Å². The van der Waals surface area contributed by atoms with Crippen LogP contribution in [0.1, 0.15) is 56.3 Å². The molecular formula is C31H35N5O9. The van der Waals surface area contributed by atoms with Gasteiger partial charge in [-0.3, -0.25) is 9.59 Å². The highest BCUT2D eigenvalue weighted by Gasteiger charge is 2.48. The molecule has 2 aromatic carbocycles. The van der Waals surface area contributed by atoms with Crippen molar-refractivity contribution in [1.82, 2.24) is 5.32 Å². The van der Waals surface area contributed by atoms with E-state index in [4.69, 9.17) is 36.1 Å². The zero-order valence-corrected chi connectivity index (χ0v) is 24.2.